The number of phenols is 2. The lowest BCUT2D eigenvalue weighted by Crippen LogP contribution is -2.18. The highest BCUT2D eigenvalue weighted by atomic mass is 16.3. The number of rotatable bonds is 3. The van der Waals surface area contributed by atoms with Gasteiger partial charge in [-0.15, -0.1) is 0 Å². The second-order valence-electron chi connectivity index (χ2n) is 6.84. The molecule has 3 rings (SSSR count). The maximum Gasteiger partial charge on any atom is 0.255 e. The first-order chi connectivity index (χ1) is 11.9. The summed E-state index contributed by atoms with van der Waals surface area (Å²) in [5, 5.41) is 21.3. The Kier molecular flexibility index (Phi) is 4.53. The third kappa shape index (κ3) is 3.25. The maximum atomic E-state index is 12.0. The minimum Gasteiger partial charge on any atom is -0.507 e. The van der Waals surface area contributed by atoms with Crippen molar-refractivity contribution in [2.45, 2.75) is 32.6 Å². The van der Waals surface area contributed by atoms with Crippen LogP contribution in [0.4, 0.5) is 0 Å². The summed E-state index contributed by atoms with van der Waals surface area (Å²) >= 11 is 0. The number of pyridine rings is 1. The van der Waals surface area contributed by atoms with Gasteiger partial charge in [-0.3, -0.25) is 9.36 Å². The molecule has 4 heteroatoms. The van der Waals surface area contributed by atoms with Crippen LogP contribution in [0.25, 0.3) is 5.69 Å². The highest BCUT2D eigenvalue weighted by molar-refractivity contribution is 5.56. The number of nitrogens with zero attached hydrogens (tertiary/aromatic N) is 1. The van der Waals surface area contributed by atoms with Crippen molar-refractivity contribution in [1.82, 2.24) is 4.57 Å². The van der Waals surface area contributed by atoms with Gasteiger partial charge >= 0.3 is 0 Å². The van der Waals surface area contributed by atoms with Gasteiger partial charge in [0.1, 0.15) is 11.5 Å². The zero-order valence-corrected chi connectivity index (χ0v) is 14.6. The van der Waals surface area contributed by atoms with E-state index < -0.39 is 0 Å². The standard InChI is InChI=1S/C21H23NO3/c1-13(2)16-8-7-14(3)10-17(16)21-18(23)11-15(12-19(21)24)22-9-5-4-6-20(22)25/h4-6,9-12,16-17,23-24H,1,7-8H2,2-3H3/t16-,17+/m0/s1. The Morgan fingerprint density at radius 2 is 1.92 bits per heavy atom. The summed E-state index contributed by atoms with van der Waals surface area (Å²) in [4.78, 5) is 12.0. The number of hydrogen-bond donors (Lipinski definition) is 2. The van der Waals surface area contributed by atoms with Gasteiger partial charge in [-0.05, 0) is 38.7 Å². The van der Waals surface area contributed by atoms with E-state index in [0.717, 1.165) is 18.4 Å². The third-order valence-electron chi connectivity index (χ3n) is 4.94. The first-order valence-electron chi connectivity index (χ1n) is 8.45. The van der Waals surface area contributed by atoms with E-state index in [4.69, 9.17) is 0 Å². The summed E-state index contributed by atoms with van der Waals surface area (Å²) in [5.74, 6) is 0.0412. The fraction of sp³-hybridized carbons (Fsp3) is 0.286. The molecule has 2 atom stereocenters. The van der Waals surface area contributed by atoms with Crippen LogP contribution in [0.1, 0.15) is 38.2 Å². The van der Waals surface area contributed by atoms with Crippen LogP contribution < -0.4 is 5.56 Å². The molecule has 0 saturated heterocycles. The quantitative estimate of drug-likeness (QED) is 0.823. The average molecular weight is 337 g/mol. The normalized spacial score (nSPS) is 20.2. The number of benzene rings is 1. The van der Waals surface area contributed by atoms with E-state index in [1.165, 1.54) is 28.3 Å². The van der Waals surface area contributed by atoms with Crippen molar-refractivity contribution < 1.29 is 10.2 Å². The lowest BCUT2D eigenvalue weighted by molar-refractivity contribution is 0.406. The van der Waals surface area contributed by atoms with Gasteiger partial charge in [0.15, 0.2) is 0 Å². The summed E-state index contributed by atoms with van der Waals surface area (Å²) in [6.07, 6.45) is 5.65. The van der Waals surface area contributed by atoms with E-state index in [2.05, 4.69) is 19.6 Å². The van der Waals surface area contributed by atoms with E-state index in [9.17, 15) is 15.0 Å². The van der Waals surface area contributed by atoms with E-state index in [1.807, 2.05) is 6.92 Å². The van der Waals surface area contributed by atoms with Gasteiger partial charge in [0.25, 0.3) is 5.56 Å². The molecular weight excluding hydrogens is 314 g/mol. The van der Waals surface area contributed by atoms with E-state index >= 15 is 0 Å². The molecule has 1 aromatic carbocycles. The molecule has 4 nitrogen and oxygen atoms in total. The average Bonchev–Trinajstić information content (AvgIpc) is 2.54. The first kappa shape index (κ1) is 17.1. The molecule has 0 spiro atoms. The Hall–Kier alpha value is -2.75. The summed E-state index contributed by atoms with van der Waals surface area (Å²) in [5.41, 5.74) is 3.00. The SMILES string of the molecule is C=C(C)[C@@H]1CCC(C)=C[C@H]1c1c(O)cc(-n2ccccc2=O)cc1O. The van der Waals surface area contributed by atoms with Crippen molar-refractivity contribution in [2.75, 3.05) is 0 Å². The van der Waals surface area contributed by atoms with Gasteiger partial charge in [-0.25, -0.2) is 0 Å². The molecule has 1 aromatic heterocycles. The van der Waals surface area contributed by atoms with Crippen molar-refractivity contribution >= 4 is 0 Å². The molecule has 0 radical (unpaired) electrons. The van der Waals surface area contributed by atoms with Gasteiger partial charge in [0.05, 0.1) is 5.69 Å². The van der Waals surface area contributed by atoms with Crippen LogP contribution in [0, 0.1) is 5.92 Å². The predicted molar refractivity (Wildman–Crippen MR) is 99.4 cm³/mol. The van der Waals surface area contributed by atoms with Gasteiger partial charge < -0.3 is 10.2 Å². The Labute approximate surface area is 147 Å². The van der Waals surface area contributed by atoms with Crippen molar-refractivity contribution in [1.29, 1.82) is 0 Å². The zero-order chi connectivity index (χ0) is 18.1. The van der Waals surface area contributed by atoms with Crippen LogP contribution in [0.5, 0.6) is 11.5 Å². The number of allylic oxidation sites excluding steroid dienone is 3. The molecule has 0 aliphatic heterocycles. The largest absolute Gasteiger partial charge is 0.507 e. The Morgan fingerprint density at radius 1 is 1.24 bits per heavy atom. The zero-order valence-electron chi connectivity index (χ0n) is 14.6. The van der Waals surface area contributed by atoms with Gasteiger partial charge in [-0.1, -0.05) is 29.9 Å². The number of aromatic hydroxyl groups is 2. The summed E-state index contributed by atoms with van der Waals surface area (Å²) in [7, 11) is 0. The topological polar surface area (TPSA) is 62.5 Å². The Balaban J connectivity index is 2.12. The van der Waals surface area contributed by atoms with Crippen molar-refractivity contribution in [3.63, 3.8) is 0 Å². The number of hydrogen-bond acceptors (Lipinski definition) is 3. The molecule has 0 amide bonds. The molecule has 2 N–H and O–H groups in total. The van der Waals surface area contributed by atoms with Crippen molar-refractivity contribution in [2.24, 2.45) is 5.92 Å². The molecular formula is C21H23NO3. The summed E-state index contributed by atoms with van der Waals surface area (Å²) in [6, 6.07) is 7.88. The fourth-order valence-corrected chi connectivity index (χ4v) is 3.64. The van der Waals surface area contributed by atoms with Gasteiger partial charge in [0, 0.05) is 35.9 Å². The summed E-state index contributed by atoms with van der Waals surface area (Å²) in [6.45, 7) is 8.13. The third-order valence-corrected chi connectivity index (χ3v) is 4.94. The fourth-order valence-electron chi connectivity index (χ4n) is 3.64. The summed E-state index contributed by atoms with van der Waals surface area (Å²) < 4.78 is 1.39. The molecule has 1 aliphatic carbocycles. The first-order valence-corrected chi connectivity index (χ1v) is 8.45. The van der Waals surface area contributed by atoms with E-state index in [1.54, 1.807) is 18.3 Å². The minimum absolute atomic E-state index is 0.00652. The lowest BCUT2D eigenvalue weighted by Gasteiger charge is -2.31. The Morgan fingerprint density at radius 3 is 2.52 bits per heavy atom. The van der Waals surface area contributed by atoms with Crippen LogP contribution >= 0.6 is 0 Å². The van der Waals surface area contributed by atoms with Crippen LogP contribution in [0.15, 0.2) is 65.1 Å². The Bertz CT molecular complexity index is 884. The molecule has 2 aromatic rings. The van der Waals surface area contributed by atoms with Gasteiger partial charge in [0.2, 0.25) is 0 Å². The molecule has 0 unspecified atom stereocenters. The lowest BCUT2D eigenvalue weighted by atomic mass is 9.74. The van der Waals surface area contributed by atoms with E-state index in [0.29, 0.717) is 11.3 Å². The molecule has 130 valence electrons. The van der Waals surface area contributed by atoms with Crippen molar-refractivity contribution in [3.05, 3.63) is 76.2 Å². The molecule has 1 heterocycles. The molecule has 0 fully saturated rings. The number of aromatic nitrogens is 1. The monoisotopic (exact) mass is 337 g/mol. The van der Waals surface area contributed by atoms with Crippen molar-refractivity contribution in [3.8, 4) is 17.2 Å². The van der Waals surface area contributed by atoms with Crippen LogP contribution in [-0.2, 0) is 0 Å². The van der Waals surface area contributed by atoms with Crippen LogP contribution in [-0.4, -0.2) is 14.8 Å². The predicted octanol–water partition coefficient (Wildman–Crippen LogP) is 4.26. The smallest absolute Gasteiger partial charge is 0.255 e. The van der Waals surface area contributed by atoms with Crippen LogP contribution in [0.2, 0.25) is 0 Å². The number of phenolic OH excluding ortho intramolecular Hbond substituents is 2. The highest BCUT2D eigenvalue weighted by Gasteiger charge is 2.30. The molecule has 0 saturated carbocycles. The minimum atomic E-state index is -0.220. The second kappa shape index (κ2) is 6.63. The van der Waals surface area contributed by atoms with E-state index in [-0.39, 0.29) is 28.9 Å². The molecule has 1 aliphatic rings. The second-order valence-corrected chi connectivity index (χ2v) is 6.84. The van der Waals surface area contributed by atoms with Crippen LogP contribution in [0.3, 0.4) is 0 Å². The molecule has 25 heavy (non-hydrogen) atoms. The van der Waals surface area contributed by atoms with Gasteiger partial charge in [-0.2, -0.15) is 0 Å². The highest BCUT2D eigenvalue weighted by Crippen LogP contribution is 2.46. The maximum absolute atomic E-state index is 12.0. The molecule has 0 bridgehead atoms.